The minimum absolute atomic E-state index is 0.218. The van der Waals surface area contributed by atoms with Gasteiger partial charge in [0.1, 0.15) is 11.7 Å². The summed E-state index contributed by atoms with van der Waals surface area (Å²) in [7, 11) is 0. The van der Waals surface area contributed by atoms with Crippen molar-refractivity contribution in [2.45, 2.75) is 11.7 Å². The minimum Gasteiger partial charge on any atom is -0.465 e. The van der Waals surface area contributed by atoms with Crippen molar-refractivity contribution >= 4 is 23.7 Å². The summed E-state index contributed by atoms with van der Waals surface area (Å²) in [5.41, 5.74) is -1.31. The van der Waals surface area contributed by atoms with E-state index in [0.717, 1.165) is 10.8 Å². The molecule has 0 aliphatic carbocycles. The molecule has 0 saturated carbocycles. The van der Waals surface area contributed by atoms with Gasteiger partial charge in [-0.2, -0.15) is 4.98 Å². The van der Waals surface area contributed by atoms with Crippen molar-refractivity contribution < 1.29 is 24.1 Å². The lowest BCUT2D eigenvalue weighted by Gasteiger charge is -2.14. The summed E-state index contributed by atoms with van der Waals surface area (Å²) in [5.74, 6) is -1.28. The fraction of sp³-hybridized carbons (Fsp3) is 0.444. The first kappa shape index (κ1) is 13.8. The monoisotopic (exact) mass is 291 g/mol. The van der Waals surface area contributed by atoms with Crippen molar-refractivity contribution in [1.29, 1.82) is 0 Å². The number of anilines is 1. The Hall–Kier alpha value is -1.65. The predicted octanol–water partition coefficient (Wildman–Crippen LogP) is 0.0527. The Morgan fingerprint density at radius 1 is 1.74 bits per heavy atom. The van der Waals surface area contributed by atoms with E-state index >= 15 is 0 Å². The SMILES string of the molecule is O=C(O)Nc1nc(=O)n([C@@H]2CS[C@H](CO)O2)cc1F. The number of hydrogen-bond donors (Lipinski definition) is 3. The van der Waals surface area contributed by atoms with Crippen LogP contribution in [0.1, 0.15) is 6.23 Å². The Morgan fingerprint density at radius 2 is 2.47 bits per heavy atom. The first-order valence-corrected chi connectivity index (χ1v) is 6.22. The molecule has 10 heteroatoms. The Balaban J connectivity index is 2.26. The molecular weight excluding hydrogens is 281 g/mol. The molecule has 1 aromatic rings. The standard InChI is InChI=1S/C9H10FN3O5S/c10-4-1-13(5-3-19-6(2-14)18-5)8(15)11-7(4)12-9(16)17/h1,5-6,14H,2-3H2,(H,16,17)(H,11,12,15)/t5-,6+/m0/s1. The van der Waals surface area contributed by atoms with Crippen molar-refractivity contribution in [3.05, 3.63) is 22.5 Å². The van der Waals surface area contributed by atoms with E-state index in [2.05, 4.69) is 4.98 Å². The number of hydrogen-bond acceptors (Lipinski definition) is 6. The van der Waals surface area contributed by atoms with E-state index in [9.17, 15) is 14.0 Å². The molecule has 2 atom stereocenters. The molecule has 2 heterocycles. The van der Waals surface area contributed by atoms with Crippen molar-refractivity contribution in [2.75, 3.05) is 17.7 Å². The van der Waals surface area contributed by atoms with Crippen LogP contribution in [0.25, 0.3) is 0 Å². The molecule has 1 amide bonds. The van der Waals surface area contributed by atoms with E-state index in [1.165, 1.54) is 11.8 Å². The van der Waals surface area contributed by atoms with Crippen LogP contribution < -0.4 is 11.0 Å². The van der Waals surface area contributed by atoms with Gasteiger partial charge in [-0.05, 0) is 0 Å². The molecule has 0 radical (unpaired) electrons. The average molecular weight is 291 g/mol. The number of rotatable bonds is 3. The highest BCUT2D eigenvalue weighted by atomic mass is 32.2. The molecule has 1 saturated heterocycles. The van der Waals surface area contributed by atoms with Crippen LogP contribution in [0.5, 0.6) is 0 Å². The second-order valence-corrected chi connectivity index (χ2v) is 4.79. The lowest BCUT2D eigenvalue weighted by molar-refractivity contribution is -0.00677. The van der Waals surface area contributed by atoms with Crippen LogP contribution in [0.3, 0.4) is 0 Å². The summed E-state index contributed by atoms with van der Waals surface area (Å²) in [5, 5.41) is 19.0. The predicted molar refractivity (Wildman–Crippen MR) is 63.6 cm³/mol. The highest BCUT2D eigenvalue weighted by Gasteiger charge is 2.28. The lowest BCUT2D eigenvalue weighted by atomic mass is 10.5. The van der Waals surface area contributed by atoms with Crippen molar-refractivity contribution in [3.63, 3.8) is 0 Å². The van der Waals surface area contributed by atoms with Crippen LogP contribution in [0, 0.1) is 5.82 Å². The number of amides is 1. The summed E-state index contributed by atoms with van der Waals surface area (Å²) < 4.78 is 19.8. The Kier molecular flexibility index (Phi) is 4.02. The molecule has 0 unspecified atom stereocenters. The van der Waals surface area contributed by atoms with Crippen LogP contribution in [0.2, 0.25) is 0 Å². The molecule has 1 fully saturated rings. The van der Waals surface area contributed by atoms with Crippen LogP contribution in [0.15, 0.2) is 11.0 Å². The number of carbonyl (C=O) groups is 1. The van der Waals surface area contributed by atoms with Gasteiger partial charge in [0.15, 0.2) is 11.6 Å². The average Bonchev–Trinajstić information content (AvgIpc) is 2.81. The molecule has 19 heavy (non-hydrogen) atoms. The summed E-state index contributed by atoms with van der Waals surface area (Å²) in [6.07, 6.45) is -1.43. The lowest BCUT2D eigenvalue weighted by Crippen LogP contribution is -2.30. The van der Waals surface area contributed by atoms with Gasteiger partial charge in [0, 0.05) is 5.75 Å². The van der Waals surface area contributed by atoms with E-state index < -0.39 is 35.1 Å². The van der Waals surface area contributed by atoms with E-state index in [-0.39, 0.29) is 6.61 Å². The van der Waals surface area contributed by atoms with Gasteiger partial charge in [0.2, 0.25) is 0 Å². The first-order valence-electron chi connectivity index (χ1n) is 5.18. The zero-order valence-electron chi connectivity index (χ0n) is 9.45. The van der Waals surface area contributed by atoms with Gasteiger partial charge in [-0.25, -0.2) is 14.0 Å². The number of aromatic nitrogens is 2. The van der Waals surface area contributed by atoms with E-state index in [1.54, 1.807) is 5.32 Å². The van der Waals surface area contributed by atoms with Gasteiger partial charge < -0.3 is 14.9 Å². The Bertz CT molecular complexity index is 551. The van der Waals surface area contributed by atoms with Crippen molar-refractivity contribution in [1.82, 2.24) is 9.55 Å². The van der Waals surface area contributed by atoms with Gasteiger partial charge >= 0.3 is 11.8 Å². The molecule has 8 nitrogen and oxygen atoms in total. The largest absolute Gasteiger partial charge is 0.465 e. The Labute approximate surface area is 110 Å². The number of aliphatic hydroxyl groups excluding tert-OH is 1. The third-order valence-corrected chi connectivity index (χ3v) is 3.43. The molecule has 2 rings (SSSR count). The quantitative estimate of drug-likeness (QED) is 0.721. The third kappa shape index (κ3) is 3.03. The normalized spacial score (nSPS) is 22.4. The van der Waals surface area contributed by atoms with Gasteiger partial charge in [-0.15, -0.1) is 11.8 Å². The van der Waals surface area contributed by atoms with Crippen LogP contribution in [-0.4, -0.2) is 43.7 Å². The number of halogens is 1. The zero-order valence-corrected chi connectivity index (χ0v) is 10.3. The highest BCUT2D eigenvalue weighted by Crippen LogP contribution is 2.30. The second-order valence-electron chi connectivity index (χ2n) is 3.59. The first-order chi connectivity index (χ1) is 9.01. The van der Waals surface area contributed by atoms with E-state index in [0.29, 0.717) is 5.75 Å². The number of carboxylic acid groups (broad SMARTS) is 1. The maximum absolute atomic E-state index is 13.6. The molecule has 104 valence electrons. The van der Waals surface area contributed by atoms with Gasteiger partial charge in [-0.1, -0.05) is 0 Å². The number of nitrogens with zero attached hydrogens (tertiary/aromatic N) is 2. The molecule has 3 N–H and O–H groups in total. The van der Waals surface area contributed by atoms with Gasteiger partial charge in [0.05, 0.1) is 12.8 Å². The summed E-state index contributed by atoms with van der Waals surface area (Å²) in [4.78, 5) is 25.3. The number of thioether (sulfide) groups is 1. The van der Waals surface area contributed by atoms with Gasteiger partial charge in [-0.3, -0.25) is 9.88 Å². The fourth-order valence-corrected chi connectivity index (χ4v) is 2.46. The van der Waals surface area contributed by atoms with Crippen molar-refractivity contribution in [3.8, 4) is 0 Å². The van der Waals surface area contributed by atoms with Crippen LogP contribution in [-0.2, 0) is 4.74 Å². The van der Waals surface area contributed by atoms with Crippen LogP contribution >= 0.6 is 11.8 Å². The topological polar surface area (TPSA) is 114 Å². The molecule has 0 spiro atoms. The van der Waals surface area contributed by atoms with Crippen LogP contribution in [0.4, 0.5) is 15.0 Å². The minimum atomic E-state index is -1.52. The highest BCUT2D eigenvalue weighted by molar-refractivity contribution is 8.00. The van der Waals surface area contributed by atoms with E-state index in [1.807, 2.05) is 0 Å². The number of ether oxygens (including phenoxy) is 1. The summed E-state index contributed by atoms with van der Waals surface area (Å²) in [6.45, 7) is -0.218. The molecule has 1 aliphatic heterocycles. The van der Waals surface area contributed by atoms with Crippen molar-refractivity contribution in [2.24, 2.45) is 0 Å². The molecule has 0 bridgehead atoms. The number of nitrogens with one attached hydrogen (secondary N) is 1. The molecule has 1 aromatic heterocycles. The molecule has 1 aliphatic rings. The smallest absolute Gasteiger partial charge is 0.410 e. The maximum Gasteiger partial charge on any atom is 0.410 e. The summed E-state index contributed by atoms with van der Waals surface area (Å²) in [6, 6.07) is 0. The Morgan fingerprint density at radius 3 is 3.05 bits per heavy atom. The second kappa shape index (κ2) is 5.55. The summed E-state index contributed by atoms with van der Waals surface area (Å²) >= 11 is 1.28. The number of aliphatic hydroxyl groups is 1. The maximum atomic E-state index is 13.6. The molecule has 0 aromatic carbocycles. The fourth-order valence-electron chi connectivity index (χ4n) is 1.53. The van der Waals surface area contributed by atoms with Gasteiger partial charge in [0.25, 0.3) is 0 Å². The molecular formula is C9H10FN3O5S. The third-order valence-electron chi connectivity index (χ3n) is 2.33. The zero-order chi connectivity index (χ0) is 14.0. The van der Waals surface area contributed by atoms with E-state index in [4.69, 9.17) is 14.9 Å².